The summed E-state index contributed by atoms with van der Waals surface area (Å²) < 4.78 is 27.8. The van der Waals surface area contributed by atoms with E-state index in [2.05, 4.69) is 15.9 Å². The molecule has 0 fully saturated rings. The Morgan fingerprint density at radius 2 is 1.90 bits per heavy atom. The number of hydrogen-bond donors (Lipinski definition) is 0. The van der Waals surface area contributed by atoms with Crippen molar-refractivity contribution in [1.82, 2.24) is 0 Å². The Morgan fingerprint density at radius 3 is 2.38 bits per heavy atom. The van der Waals surface area contributed by atoms with Gasteiger partial charge in [0.15, 0.2) is 0 Å². The number of anilines is 1. The molecule has 0 heterocycles. The number of hydrogen-bond acceptors (Lipinski definition) is 4. The van der Waals surface area contributed by atoms with E-state index in [1.54, 1.807) is 52.0 Å². The van der Waals surface area contributed by atoms with E-state index in [0.29, 0.717) is 10.2 Å². The summed E-state index contributed by atoms with van der Waals surface area (Å²) in [5.74, 6) is 0. The zero-order valence-corrected chi connectivity index (χ0v) is 14.7. The van der Waals surface area contributed by atoms with E-state index in [4.69, 9.17) is 4.74 Å². The van der Waals surface area contributed by atoms with Crippen LogP contribution < -0.4 is 4.90 Å². The predicted molar refractivity (Wildman–Crippen MR) is 87.3 cm³/mol. The van der Waals surface area contributed by atoms with Crippen LogP contribution in [0, 0.1) is 0 Å². The van der Waals surface area contributed by atoms with Gasteiger partial charge in [0.25, 0.3) is 0 Å². The van der Waals surface area contributed by atoms with Crippen molar-refractivity contribution in [2.24, 2.45) is 0 Å². The lowest BCUT2D eigenvalue weighted by Crippen LogP contribution is -2.43. The third-order valence-corrected chi connectivity index (χ3v) is 3.70. The van der Waals surface area contributed by atoms with Crippen LogP contribution >= 0.6 is 15.9 Å². The fourth-order valence-corrected chi connectivity index (χ4v) is 2.58. The van der Waals surface area contributed by atoms with Gasteiger partial charge < -0.3 is 4.74 Å². The topological polar surface area (TPSA) is 63.7 Å². The fraction of sp³-hybridized carbons (Fsp3) is 0.429. The predicted octanol–water partition coefficient (Wildman–Crippen LogP) is 3.26. The van der Waals surface area contributed by atoms with Crippen molar-refractivity contribution in [3.8, 4) is 0 Å². The van der Waals surface area contributed by atoms with Crippen LogP contribution in [0.3, 0.4) is 0 Å². The molecule has 0 radical (unpaired) electrons. The van der Waals surface area contributed by atoms with Gasteiger partial charge >= 0.3 is 6.09 Å². The van der Waals surface area contributed by atoms with Crippen LogP contribution in [0.2, 0.25) is 0 Å². The van der Waals surface area contributed by atoms with E-state index in [-0.39, 0.29) is 0 Å². The highest BCUT2D eigenvalue weighted by Crippen LogP contribution is 2.28. The van der Waals surface area contributed by atoms with E-state index in [1.165, 1.54) is 4.90 Å². The van der Waals surface area contributed by atoms with Crippen LogP contribution in [0.4, 0.5) is 10.5 Å². The summed E-state index contributed by atoms with van der Waals surface area (Å²) in [6.45, 7) is 6.87. The molecule has 0 bridgehead atoms. The standard InChI is InChI=1S/C14H18BrNO4S/c1-10(9-21(18)19)16(13(17)20-14(2,3)4)12-8-6-5-7-11(12)15/h5-10H,1-4H3. The van der Waals surface area contributed by atoms with Crippen LogP contribution in [0.1, 0.15) is 27.7 Å². The smallest absolute Gasteiger partial charge is 0.415 e. The molecule has 1 aromatic carbocycles. The van der Waals surface area contributed by atoms with Gasteiger partial charge in [-0.25, -0.2) is 4.79 Å². The van der Waals surface area contributed by atoms with Gasteiger partial charge in [0.05, 0.1) is 17.1 Å². The lowest BCUT2D eigenvalue weighted by Gasteiger charge is -2.30. The van der Waals surface area contributed by atoms with Gasteiger partial charge in [-0.15, -0.1) is 0 Å². The number of halogens is 1. The molecule has 0 aliphatic heterocycles. The van der Waals surface area contributed by atoms with Crippen LogP contribution in [-0.2, 0) is 15.0 Å². The molecule has 0 N–H and O–H groups in total. The summed E-state index contributed by atoms with van der Waals surface area (Å²) in [6, 6.07) is 6.38. The second kappa shape index (κ2) is 7.09. The summed E-state index contributed by atoms with van der Waals surface area (Å²) in [4.78, 5) is 13.7. The number of carbonyl (C=O) groups excluding carboxylic acids is 1. The van der Waals surface area contributed by atoms with Crippen molar-refractivity contribution in [2.45, 2.75) is 39.3 Å². The van der Waals surface area contributed by atoms with Crippen LogP contribution in [-0.4, -0.2) is 31.5 Å². The SMILES string of the molecule is CC(C=S(=O)=O)N(C(=O)OC(C)(C)C)c1ccccc1Br. The maximum absolute atomic E-state index is 12.4. The van der Waals surface area contributed by atoms with Crippen molar-refractivity contribution < 1.29 is 17.9 Å². The monoisotopic (exact) mass is 375 g/mol. The minimum atomic E-state index is -2.38. The molecule has 1 rings (SSSR count). The Hall–Kier alpha value is -1.34. The van der Waals surface area contributed by atoms with Crippen molar-refractivity contribution in [3.05, 3.63) is 28.7 Å². The second-order valence-electron chi connectivity index (χ2n) is 5.44. The molecule has 1 atom stereocenters. The average molecular weight is 376 g/mol. The molecule has 0 aliphatic carbocycles. The Bertz CT molecular complexity index is 641. The molecular formula is C14H18BrNO4S. The minimum absolute atomic E-state index is 0.543. The van der Waals surface area contributed by atoms with Crippen molar-refractivity contribution in [3.63, 3.8) is 0 Å². The zero-order valence-electron chi connectivity index (χ0n) is 12.3. The highest BCUT2D eigenvalue weighted by atomic mass is 79.9. The maximum atomic E-state index is 12.4. The summed E-state index contributed by atoms with van der Waals surface area (Å²) in [7, 11) is -2.38. The van der Waals surface area contributed by atoms with Gasteiger partial charge in [0, 0.05) is 4.47 Å². The van der Waals surface area contributed by atoms with Crippen molar-refractivity contribution >= 4 is 43.4 Å². The summed E-state index contributed by atoms with van der Waals surface area (Å²) in [5.41, 5.74) is -0.131. The minimum Gasteiger partial charge on any atom is -0.443 e. The summed E-state index contributed by atoms with van der Waals surface area (Å²) >= 11 is 3.36. The second-order valence-corrected chi connectivity index (χ2v) is 7.09. The molecular weight excluding hydrogens is 358 g/mol. The first kappa shape index (κ1) is 17.7. The molecule has 21 heavy (non-hydrogen) atoms. The maximum Gasteiger partial charge on any atom is 0.415 e. The zero-order chi connectivity index (χ0) is 16.2. The highest BCUT2D eigenvalue weighted by Gasteiger charge is 2.28. The quantitative estimate of drug-likeness (QED) is 0.760. The number of carbonyl (C=O) groups is 1. The molecule has 116 valence electrons. The number of ether oxygens (including phenoxy) is 1. The van der Waals surface area contributed by atoms with Gasteiger partial charge in [0.1, 0.15) is 5.60 Å². The van der Waals surface area contributed by atoms with Crippen molar-refractivity contribution in [1.29, 1.82) is 0 Å². The number of para-hydroxylation sites is 1. The van der Waals surface area contributed by atoms with E-state index >= 15 is 0 Å². The highest BCUT2D eigenvalue weighted by molar-refractivity contribution is 9.10. The first-order valence-electron chi connectivity index (χ1n) is 6.31. The first-order chi connectivity index (χ1) is 9.61. The Labute approximate surface area is 134 Å². The normalized spacial score (nSPS) is 12.4. The van der Waals surface area contributed by atoms with Crippen LogP contribution in [0.25, 0.3) is 0 Å². The average Bonchev–Trinajstić information content (AvgIpc) is 2.28. The van der Waals surface area contributed by atoms with Gasteiger partial charge in [-0.05, 0) is 55.8 Å². The molecule has 5 nitrogen and oxygen atoms in total. The molecule has 0 aromatic heterocycles. The lowest BCUT2D eigenvalue weighted by molar-refractivity contribution is 0.0576. The molecule has 1 unspecified atom stereocenters. The molecule has 0 aliphatic rings. The van der Waals surface area contributed by atoms with Gasteiger partial charge in [-0.2, -0.15) is 8.42 Å². The van der Waals surface area contributed by atoms with E-state index in [0.717, 1.165) is 5.37 Å². The third kappa shape index (κ3) is 5.51. The molecule has 0 spiro atoms. The number of nitrogens with zero attached hydrogens (tertiary/aromatic N) is 1. The Morgan fingerprint density at radius 1 is 1.33 bits per heavy atom. The Balaban J connectivity index is 3.27. The molecule has 1 amide bonds. The summed E-state index contributed by atoms with van der Waals surface area (Å²) in [5, 5.41) is 1.04. The van der Waals surface area contributed by atoms with Gasteiger partial charge in [-0.3, -0.25) is 4.90 Å². The van der Waals surface area contributed by atoms with E-state index < -0.39 is 28.0 Å². The number of rotatable bonds is 3. The largest absolute Gasteiger partial charge is 0.443 e. The Kier molecular flexibility index (Phi) is 5.98. The van der Waals surface area contributed by atoms with Crippen LogP contribution in [0.15, 0.2) is 28.7 Å². The van der Waals surface area contributed by atoms with Crippen molar-refractivity contribution in [2.75, 3.05) is 4.90 Å². The molecule has 7 heteroatoms. The molecule has 0 saturated carbocycles. The van der Waals surface area contributed by atoms with E-state index in [1.807, 2.05) is 0 Å². The van der Waals surface area contributed by atoms with Crippen LogP contribution in [0.5, 0.6) is 0 Å². The molecule has 0 saturated heterocycles. The van der Waals surface area contributed by atoms with Gasteiger partial charge in [-0.1, -0.05) is 12.1 Å². The molecule has 1 aromatic rings. The number of benzene rings is 1. The third-order valence-electron chi connectivity index (χ3n) is 2.42. The summed E-state index contributed by atoms with van der Waals surface area (Å²) in [6.07, 6.45) is -0.608. The fourth-order valence-electron chi connectivity index (χ4n) is 1.66. The number of amides is 1. The van der Waals surface area contributed by atoms with E-state index in [9.17, 15) is 13.2 Å². The lowest BCUT2D eigenvalue weighted by atomic mass is 10.2. The first-order valence-corrected chi connectivity index (χ1v) is 8.24. The van der Waals surface area contributed by atoms with Gasteiger partial charge in [0.2, 0.25) is 10.3 Å².